The number of allylic oxidation sites excluding steroid dienone is 1. The van der Waals surface area contributed by atoms with E-state index in [0.717, 1.165) is 18.8 Å². The molecule has 1 heterocycles. The topological polar surface area (TPSA) is 16.1 Å². The number of likely N-dealkylation sites (N-methyl/N-ethyl adjacent to an activating group) is 1. The van der Waals surface area contributed by atoms with Gasteiger partial charge < -0.3 is 0 Å². The van der Waals surface area contributed by atoms with Crippen LogP contribution in [-0.2, 0) is 6.54 Å². The number of rotatable bonds is 5. The number of nitrogens with zero attached hydrogens (tertiary/aromatic N) is 2. The highest BCUT2D eigenvalue weighted by molar-refractivity contribution is 7.07. The highest BCUT2D eigenvalue weighted by Crippen LogP contribution is 2.03. The Balaban J connectivity index is 2.25. The van der Waals surface area contributed by atoms with E-state index in [1.165, 1.54) is 0 Å². The molecule has 0 amide bonds. The zero-order valence-electron chi connectivity index (χ0n) is 7.61. The minimum atomic E-state index is 0.588. The molecule has 4 heteroatoms. The molecule has 2 nitrogen and oxygen atoms in total. The maximum Gasteiger partial charge on any atom is 0.0795 e. The van der Waals surface area contributed by atoms with E-state index in [2.05, 4.69) is 28.4 Å². The molecule has 0 aliphatic heterocycles. The van der Waals surface area contributed by atoms with E-state index in [9.17, 15) is 0 Å². The van der Waals surface area contributed by atoms with Gasteiger partial charge in [-0.25, -0.2) is 4.98 Å². The number of thiazole rings is 1. The second-order valence-electron chi connectivity index (χ2n) is 2.80. The molecule has 1 rings (SSSR count). The Hall–Kier alpha value is -0.380. The van der Waals surface area contributed by atoms with Crippen molar-refractivity contribution in [1.82, 2.24) is 9.88 Å². The van der Waals surface area contributed by atoms with Crippen molar-refractivity contribution in [3.8, 4) is 0 Å². The van der Waals surface area contributed by atoms with Crippen LogP contribution in [0.2, 0.25) is 0 Å². The van der Waals surface area contributed by atoms with Gasteiger partial charge in [0.2, 0.25) is 0 Å². The quantitative estimate of drug-likeness (QED) is 0.555. The Morgan fingerprint density at radius 3 is 3.08 bits per heavy atom. The van der Waals surface area contributed by atoms with Gasteiger partial charge in [-0.2, -0.15) is 0 Å². The molecule has 0 saturated heterocycles. The van der Waals surface area contributed by atoms with Crippen molar-refractivity contribution >= 4 is 22.9 Å². The summed E-state index contributed by atoms with van der Waals surface area (Å²) in [5.74, 6) is 0.588. The Morgan fingerprint density at radius 2 is 2.46 bits per heavy atom. The summed E-state index contributed by atoms with van der Waals surface area (Å²) in [6.45, 7) is 1.82. The van der Waals surface area contributed by atoms with Gasteiger partial charge in [0, 0.05) is 24.3 Å². The lowest BCUT2D eigenvalue weighted by molar-refractivity contribution is 0.359. The molecule has 0 N–H and O–H groups in total. The van der Waals surface area contributed by atoms with Crippen LogP contribution < -0.4 is 0 Å². The largest absolute Gasteiger partial charge is 0.297 e. The van der Waals surface area contributed by atoms with Crippen LogP contribution in [0.1, 0.15) is 5.69 Å². The smallest absolute Gasteiger partial charge is 0.0795 e. The van der Waals surface area contributed by atoms with E-state index in [4.69, 9.17) is 11.6 Å². The lowest BCUT2D eigenvalue weighted by Crippen LogP contribution is -2.17. The fraction of sp³-hybridized carbons (Fsp3) is 0.444. The minimum Gasteiger partial charge on any atom is -0.297 e. The molecule has 0 saturated carbocycles. The van der Waals surface area contributed by atoms with Gasteiger partial charge in [0.1, 0.15) is 0 Å². The van der Waals surface area contributed by atoms with Crippen molar-refractivity contribution in [2.24, 2.45) is 0 Å². The number of halogens is 1. The first-order valence-corrected chi connectivity index (χ1v) is 5.57. The van der Waals surface area contributed by atoms with E-state index < -0.39 is 0 Å². The standard InChI is InChI=1S/C9H13ClN2S/c1-12(5-3-2-4-10)6-9-7-13-8-11-9/h2-3,7-8H,4-6H2,1H3. The van der Waals surface area contributed by atoms with Crippen molar-refractivity contribution in [2.75, 3.05) is 19.5 Å². The van der Waals surface area contributed by atoms with Crippen molar-refractivity contribution in [3.05, 3.63) is 28.7 Å². The number of aromatic nitrogens is 1. The number of hydrogen-bond donors (Lipinski definition) is 0. The van der Waals surface area contributed by atoms with Crippen LogP contribution in [0, 0.1) is 0 Å². The molecule has 0 aliphatic rings. The lowest BCUT2D eigenvalue weighted by atomic mass is 10.4. The van der Waals surface area contributed by atoms with Gasteiger partial charge in [0.05, 0.1) is 11.2 Å². The minimum absolute atomic E-state index is 0.588. The molecule has 0 aromatic carbocycles. The van der Waals surface area contributed by atoms with E-state index in [-0.39, 0.29) is 0 Å². The molecule has 0 spiro atoms. The zero-order valence-corrected chi connectivity index (χ0v) is 9.18. The van der Waals surface area contributed by atoms with E-state index >= 15 is 0 Å². The van der Waals surface area contributed by atoms with Gasteiger partial charge in [-0.05, 0) is 7.05 Å². The van der Waals surface area contributed by atoms with Crippen LogP contribution in [0.3, 0.4) is 0 Å². The van der Waals surface area contributed by atoms with Crippen LogP contribution in [0.25, 0.3) is 0 Å². The Labute approximate surface area is 87.9 Å². The molecule has 0 aliphatic carbocycles. The highest BCUT2D eigenvalue weighted by atomic mass is 35.5. The zero-order chi connectivity index (χ0) is 9.52. The van der Waals surface area contributed by atoms with Gasteiger partial charge in [-0.3, -0.25) is 4.90 Å². The van der Waals surface area contributed by atoms with Crippen LogP contribution in [0.4, 0.5) is 0 Å². The van der Waals surface area contributed by atoms with Crippen molar-refractivity contribution in [3.63, 3.8) is 0 Å². The Morgan fingerprint density at radius 1 is 1.62 bits per heavy atom. The van der Waals surface area contributed by atoms with E-state index in [0.29, 0.717) is 5.88 Å². The summed E-state index contributed by atoms with van der Waals surface area (Å²) < 4.78 is 0. The Bertz CT molecular complexity index is 246. The number of hydrogen-bond acceptors (Lipinski definition) is 3. The first-order chi connectivity index (χ1) is 6.33. The average Bonchev–Trinajstić information content (AvgIpc) is 2.57. The fourth-order valence-corrected chi connectivity index (χ4v) is 1.65. The third kappa shape index (κ3) is 4.41. The summed E-state index contributed by atoms with van der Waals surface area (Å²) in [7, 11) is 2.07. The summed E-state index contributed by atoms with van der Waals surface area (Å²) in [5, 5.41) is 2.07. The van der Waals surface area contributed by atoms with E-state index in [1.807, 2.05) is 11.6 Å². The predicted octanol–water partition coefficient (Wildman–Crippen LogP) is 2.37. The predicted molar refractivity (Wildman–Crippen MR) is 58.3 cm³/mol. The SMILES string of the molecule is CN(CC=CCCl)Cc1cscn1. The molecule has 1 aromatic rings. The van der Waals surface area contributed by atoms with Crippen LogP contribution >= 0.6 is 22.9 Å². The summed E-state index contributed by atoms with van der Waals surface area (Å²) in [6.07, 6.45) is 4.03. The van der Waals surface area contributed by atoms with Crippen LogP contribution in [0.5, 0.6) is 0 Å². The van der Waals surface area contributed by atoms with Gasteiger partial charge >= 0.3 is 0 Å². The lowest BCUT2D eigenvalue weighted by Gasteiger charge is -2.11. The maximum absolute atomic E-state index is 5.51. The third-order valence-corrected chi connectivity index (χ3v) is 2.40. The van der Waals surface area contributed by atoms with Crippen molar-refractivity contribution < 1.29 is 0 Å². The highest BCUT2D eigenvalue weighted by Gasteiger charge is 1.98. The molecule has 0 fully saturated rings. The van der Waals surface area contributed by atoms with Gasteiger partial charge in [0.15, 0.2) is 0 Å². The van der Waals surface area contributed by atoms with Crippen molar-refractivity contribution in [2.45, 2.75) is 6.54 Å². The first kappa shape index (κ1) is 10.7. The summed E-state index contributed by atoms with van der Waals surface area (Å²) >= 11 is 7.14. The monoisotopic (exact) mass is 216 g/mol. The van der Waals surface area contributed by atoms with Gasteiger partial charge in [0.25, 0.3) is 0 Å². The average molecular weight is 217 g/mol. The molecule has 1 aromatic heterocycles. The molecule has 0 unspecified atom stereocenters. The molecule has 0 atom stereocenters. The maximum atomic E-state index is 5.51. The normalized spacial score (nSPS) is 11.6. The molecule has 13 heavy (non-hydrogen) atoms. The molecule has 0 radical (unpaired) electrons. The van der Waals surface area contributed by atoms with E-state index in [1.54, 1.807) is 11.3 Å². The Kier molecular flexibility index (Phi) is 5.05. The molecular formula is C9H13ClN2S. The third-order valence-electron chi connectivity index (χ3n) is 1.59. The summed E-state index contributed by atoms with van der Waals surface area (Å²) in [6, 6.07) is 0. The van der Waals surface area contributed by atoms with Crippen LogP contribution in [0.15, 0.2) is 23.0 Å². The molecular weight excluding hydrogens is 204 g/mol. The second kappa shape index (κ2) is 6.13. The van der Waals surface area contributed by atoms with Crippen LogP contribution in [-0.4, -0.2) is 29.4 Å². The number of alkyl halides is 1. The summed E-state index contributed by atoms with van der Waals surface area (Å²) in [5.41, 5.74) is 2.99. The van der Waals surface area contributed by atoms with Gasteiger partial charge in [-0.1, -0.05) is 12.2 Å². The first-order valence-electron chi connectivity index (χ1n) is 4.09. The molecule has 72 valence electrons. The molecule has 0 bridgehead atoms. The van der Waals surface area contributed by atoms with Crippen molar-refractivity contribution in [1.29, 1.82) is 0 Å². The van der Waals surface area contributed by atoms with Gasteiger partial charge in [-0.15, -0.1) is 22.9 Å². The fourth-order valence-electron chi connectivity index (χ4n) is 0.974. The second-order valence-corrected chi connectivity index (χ2v) is 3.83. The summed E-state index contributed by atoms with van der Waals surface area (Å²) in [4.78, 5) is 6.40.